The molecule has 8 heteroatoms. The van der Waals surface area contributed by atoms with E-state index in [0.29, 0.717) is 34.3 Å². The summed E-state index contributed by atoms with van der Waals surface area (Å²) in [5.74, 6) is -0.500. The van der Waals surface area contributed by atoms with Crippen molar-refractivity contribution in [1.82, 2.24) is 20.0 Å². The molecule has 0 atom stereocenters. The molecule has 0 saturated carbocycles. The zero-order valence-corrected chi connectivity index (χ0v) is 16.5. The number of halogens is 1. The second-order valence-electron chi connectivity index (χ2n) is 6.86. The van der Waals surface area contributed by atoms with Crippen LogP contribution in [0.4, 0.5) is 10.2 Å². The van der Waals surface area contributed by atoms with E-state index >= 15 is 0 Å². The van der Waals surface area contributed by atoms with Gasteiger partial charge in [-0.05, 0) is 36.2 Å². The maximum Gasteiger partial charge on any atom is 0.257 e. The molecular formula is C22H21FN6O. The van der Waals surface area contributed by atoms with Crippen LogP contribution in [-0.2, 0) is 0 Å². The molecule has 1 amide bonds. The fourth-order valence-corrected chi connectivity index (χ4v) is 3.13. The lowest BCUT2D eigenvalue weighted by Gasteiger charge is -2.04. The number of para-hydroxylation sites is 2. The summed E-state index contributed by atoms with van der Waals surface area (Å²) in [7, 11) is 0. The van der Waals surface area contributed by atoms with Crippen LogP contribution in [-0.4, -0.2) is 33.3 Å². The lowest BCUT2D eigenvalue weighted by atomic mass is 10.2. The maximum absolute atomic E-state index is 13.2. The highest BCUT2D eigenvalue weighted by Gasteiger charge is 2.23. The SMILES string of the molecule is CCCCNC(=O)c1c(N)n(/N=C\c2ccc(F)cc2)c2nc3ccccc3nc12. The molecule has 0 fully saturated rings. The normalized spacial score (nSPS) is 11.5. The van der Waals surface area contributed by atoms with Crippen molar-refractivity contribution in [2.24, 2.45) is 5.10 Å². The summed E-state index contributed by atoms with van der Waals surface area (Å²) in [5.41, 5.74) is 9.34. The average Bonchev–Trinajstić information content (AvgIpc) is 3.02. The van der Waals surface area contributed by atoms with E-state index in [0.717, 1.165) is 12.8 Å². The second kappa shape index (κ2) is 8.28. The van der Waals surface area contributed by atoms with Gasteiger partial charge < -0.3 is 11.1 Å². The molecule has 0 bridgehead atoms. The van der Waals surface area contributed by atoms with Crippen LogP contribution < -0.4 is 11.1 Å². The van der Waals surface area contributed by atoms with Gasteiger partial charge in [0.1, 0.15) is 22.7 Å². The molecule has 0 aliphatic rings. The van der Waals surface area contributed by atoms with Crippen molar-refractivity contribution in [1.29, 1.82) is 0 Å². The third-order valence-corrected chi connectivity index (χ3v) is 4.71. The van der Waals surface area contributed by atoms with E-state index < -0.39 is 0 Å². The van der Waals surface area contributed by atoms with Gasteiger partial charge in [-0.2, -0.15) is 9.78 Å². The molecule has 2 heterocycles. The van der Waals surface area contributed by atoms with Gasteiger partial charge in [0.15, 0.2) is 5.65 Å². The van der Waals surface area contributed by atoms with E-state index in [9.17, 15) is 9.18 Å². The standard InChI is InChI=1S/C22H21FN6O/c1-2-3-12-25-22(30)18-19-21(28-17-7-5-4-6-16(17)27-19)29(20(18)24)26-13-14-8-10-15(23)11-9-14/h4-11,13H,2-3,12,24H2,1H3,(H,25,30)/b26-13-. The van der Waals surface area contributed by atoms with E-state index in [4.69, 9.17) is 5.73 Å². The van der Waals surface area contributed by atoms with Crippen LogP contribution in [0, 0.1) is 5.82 Å². The Morgan fingerprint density at radius 3 is 2.57 bits per heavy atom. The van der Waals surface area contributed by atoms with Gasteiger partial charge >= 0.3 is 0 Å². The second-order valence-corrected chi connectivity index (χ2v) is 6.86. The summed E-state index contributed by atoms with van der Waals surface area (Å²) < 4.78 is 14.6. The number of carbonyl (C=O) groups excluding carboxylic acids is 1. The van der Waals surface area contributed by atoms with Gasteiger partial charge in [-0.25, -0.2) is 14.4 Å². The lowest BCUT2D eigenvalue weighted by Crippen LogP contribution is -2.25. The minimum atomic E-state index is -0.332. The highest BCUT2D eigenvalue weighted by molar-refractivity contribution is 6.10. The zero-order valence-electron chi connectivity index (χ0n) is 16.5. The van der Waals surface area contributed by atoms with Crippen molar-refractivity contribution < 1.29 is 9.18 Å². The third kappa shape index (κ3) is 3.71. The van der Waals surface area contributed by atoms with Crippen LogP contribution in [0.15, 0.2) is 53.6 Å². The maximum atomic E-state index is 13.2. The van der Waals surface area contributed by atoms with Gasteiger partial charge in [0.25, 0.3) is 5.91 Å². The number of hydrogen-bond donors (Lipinski definition) is 2. The first-order valence-electron chi connectivity index (χ1n) is 9.73. The van der Waals surface area contributed by atoms with E-state index in [1.54, 1.807) is 12.1 Å². The van der Waals surface area contributed by atoms with Crippen molar-refractivity contribution in [3.05, 3.63) is 65.5 Å². The predicted octanol–water partition coefficient (Wildman–Crippen LogP) is 3.72. The van der Waals surface area contributed by atoms with Crippen molar-refractivity contribution in [3.63, 3.8) is 0 Å². The molecule has 7 nitrogen and oxygen atoms in total. The number of fused-ring (bicyclic) bond motifs is 2. The third-order valence-electron chi connectivity index (χ3n) is 4.71. The minimum absolute atomic E-state index is 0.146. The van der Waals surface area contributed by atoms with E-state index in [1.807, 2.05) is 31.2 Å². The summed E-state index contributed by atoms with van der Waals surface area (Å²) in [4.78, 5) is 22.1. The number of nitrogens with two attached hydrogens (primary N) is 1. The van der Waals surface area contributed by atoms with E-state index in [-0.39, 0.29) is 23.1 Å². The molecule has 0 unspecified atom stereocenters. The van der Waals surface area contributed by atoms with Crippen LogP contribution in [0.2, 0.25) is 0 Å². The molecule has 2 aromatic carbocycles. The molecule has 4 aromatic rings. The summed E-state index contributed by atoms with van der Waals surface area (Å²) in [5, 5.41) is 7.28. The Hall–Kier alpha value is -3.81. The van der Waals surface area contributed by atoms with Crippen molar-refractivity contribution in [2.75, 3.05) is 12.3 Å². The number of rotatable bonds is 6. The Bertz CT molecular complexity index is 1250. The Kier molecular flexibility index (Phi) is 5.38. The Morgan fingerprint density at radius 2 is 1.87 bits per heavy atom. The predicted molar refractivity (Wildman–Crippen MR) is 116 cm³/mol. The number of benzene rings is 2. The molecule has 3 N–H and O–H groups in total. The number of hydrogen-bond acceptors (Lipinski definition) is 5. The van der Waals surface area contributed by atoms with Crippen LogP contribution >= 0.6 is 0 Å². The molecule has 152 valence electrons. The average molecular weight is 404 g/mol. The number of nitrogens with one attached hydrogen (secondary N) is 1. The van der Waals surface area contributed by atoms with Crippen molar-refractivity contribution in [3.8, 4) is 0 Å². The summed E-state index contributed by atoms with van der Waals surface area (Å²) in [6, 6.07) is 13.3. The number of unbranched alkanes of at least 4 members (excludes halogenated alkanes) is 1. The van der Waals surface area contributed by atoms with Gasteiger partial charge in [0, 0.05) is 6.54 Å². The largest absolute Gasteiger partial charge is 0.383 e. The summed E-state index contributed by atoms with van der Waals surface area (Å²) in [6.07, 6.45) is 3.36. The first kappa shape index (κ1) is 19.5. The van der Waals surface area contributed by atoms with Crippen molar-refractivity contribution in [2.45, 2.75) is 19.8 Å². The molecule has 0 radical (unpaired) electrons. The molecule has 2 aromatic heterocycles. The molecular weight excluding hydrogens is 383 g/mol. The number of nitrogens with zero attached hydrogens (tertiary/aromatic N) is 4. The van der Waals surface area contributed by atoms with E-state index in [1.165, 1.54) is 23.0 Å². The number of nitrogen functional groups attached to an aromatic ring is 1. The number of amides is 1. The summed E-state index contributed by atoms with van der Waals surface area (Å²) in [6.45, 7) is 2.59. The smallest absolute Gasteiger partial charge is 0.257 e. The lowest BCUT2D eigenvalue weighted by molar-refractivity contribution is 0.0955. The molecule has 0 spiro atoms. The zero-order chi connectivity index (χ0) is 21.1. The Morgan fingerprint density at radius 1 is 1.17 bits per heavy atom. The summed E-state index contributed by atoms with van der Waals surface area (Å²) >= 11 is 0. The first-order chi connectivity index (χ1) is 14.6. The van der Waals surface area contributed by atoms with Crippen LogP contribution in [0.5, 0.6) is 0 Å². The van der Waals surface area contributed by atoms with Gasteiger partial charge in [0.2, 0.25) is 0 Å². The highest BCUT2D eigenvalue weighted by atomic mass is 19.1. The Labute approximate surface area is 172 Å². The molecule has 0 saturated heterocycles. The fraction of sp³-hybridized carbons (Fsp3) is 0.182. The van der Waals surface area contributed by atoms with Gasteiger partial charge in [-0.1, -0.05) is 37.6 Å². The highest BCUT2D eigenvalue weighted by Crippen LogP contribution is 2.27. The topological polar surface area (TPSA) is 98.2 Å². The van der Waals surface area contributed by atoms with Crippen molar-refractivity contribution >= 4 is 40.1 Å². The number of anilines is 1. The number of aromatic nitrogens is 3. The van der Waals surface area contributed by atoms with Crippen LogP contribution in [0.25, 0.3) is 22.2 Å². The molecule has 0 aliphatic carbocycles. The monoisotopic (exact) mass is 404 g/mol. The van der Waals surface area contributed by atoms with Crippen LogP contribution in [0.3, 0.4) is 0 Å². The Balaban J connectivity index is 1.85. The first-order valence-corrected chi connectivity index (χ1v) is 9.73. The molecule has 0 aliphatic heterocycles. The van der Waals surface area contributed by atoms with Gasteiger partial charge in [-0.3, -0.25) is 4.79 Å². The van der Waals surface area contributed by atoms with Crippen LogP contribution in [0.1, 0.15) is 35.7 Å². The minimum Gasteiger partial charge on any atom is -0.383 e. The van der Waals surface area contributed by atoms with Gasteiger partial charge in [0.05, 0.1) is 17.2 Å². The quantitative estimate of drug-likeness (QED) is 0.378. The fourth-order valence-electron chi connectivity index (χ4n) is 3.13. The number of carbonyl (C=O) groups is 1. The van der Waals surface area contributed by atoms with Gasteiger partial charge in [-0.15, -0.1) is 0 Å². The molecule has 30 heavy (non-hydrogen) atoms. The molecule has 4 rings (SSSR count). The van der Waals surface area contributed by atoms with E-state index in [2.05, 4.69) is 20.4 Å².